The highest BCUT2D eigenvalue weighted by Gasteiger charge is 2.13. The Morgan fingerprint density at radius 2 is 2.00 bits per heavy atom. The molecule has 2 aromatic rings. The fraction of sp³-hybridized carbons (Fsp3) is 0.167. The first-order chi connectivity index (χ1) is 7.58. The van der Waals surface area contributed by atoms with Crippen LogP contribution in [0.25, 0.3) is 0 Å². The SMILES string of the molecule is Cc1cc(C(N)c2cccc(Br)c2)sc1Br. The summed E-state index contributed by atoms with van der Waals surface area (Å²) >= 11 is 8.69. The van der Waals surface area contributed by atoms with E-state index in [2.05, 4.69) is 57.0 Å². The van der Waals surface area contributed by atoms with Crippen molar-refractivity contribution in [2.24, 2.45) is 5.73 Å². The topological polar surface area (TPSA) is 26.0 Å². The normalized spacial score (nSPS) is 12.8. The largest absolute Gasteiger partial charge is 0.320 e. The summed E-state index contributed by atoms with van der Waals surface area (Å²) in [5.41, 5.74) is 8.61. The lowest BCUT2D eigenvalue weighted by Gasteiger charge is -2.09. The van der Waals surface area contributed by atoms with Crippen LogP contribution in [0, 0.1) is 6.92 Å². The van der Waals surface area contributed by atoms with Gasteiger partial charge in [-0.25, -0.2) is 0 Å². The fourth-order valence-electron chi connectivity index (χ4n) is 1.50. The molecular formula is C12H11Br2NS. The van der Waals surface area contributed by atoms with E-state index >= 15 is 0 Å². The summed E-state index contributed by atoms with van der Waals surface area (Å²) in [6, 6.07) is 10.2. The van der Waals surface area contributed by atoms with E-state index < -0.39 is 0 Å². The van der Waals surface area contributed by atoms with Gasteiger partial charge in [0.15, 0.2) is 0 Å². The van der Waals surface area contributed by atoms with Crippen molar-refractivity contribution in [1.29, 1.82) is 0 Å². The van der Waals surface area contributed by atoms with Crippen molar-refractivity contribution in [1.82, 2.24) is 0 Å². The van der Waals surface area contributed by atoms with Gasteiger partial charge in [0.05, 0.1) is 9.83 Å². The second kappa shape index (κ2) is 5.00. The predicted octanol–water partition coefficient (Wildman–Crippen LogP) is 4.63. The molecule has 0 aliphatic rings. The van der Waals surface area contributed by atoms with Crippen molar-refractivity contribution < 1.29 is 0 Å². The third-order valence-electron chi connectivity index (χ3n) is 2.39. The number of halogens is 2. The molecule has 0 spiro atoms. The lowest BCUT2D eigenvalue weighted by molar-refractivity contribution is 0.891. The first-order valence-corrected chi connectivity index (χ1v) is 7.25. The molecule has 2 rings (SSSR count). The molecule has 16 heavy (non-hydrogen) atoms. The third-order valence-corrected chi connectivity index (χ3v) is 5.10. The number of benzene rings is 1. The summed E-state index contributed by atoms with van der Waals surface area (Å²) in [6.07, 6.45) is 0. The molecule has 0 saturated carbocycles. The number of hydrogen-bond acceptors (Lipinski definition) is 2. The average Bonchev–Trinajstić information content (AvgIpc) is 2.58. The molecule has 4 heteroatoms. The Labute approximate surface area is 116 Å². The van der Waals surface area contributed by atoms with Crippen LogP contribution >= 0.6 is 43.2 Å². The minimum absolute atomic E-state index is 0.0486. The summed E-state index contributed by atoms with van der Waals surface area (Å²) in [7, 11) is 0. The molecule has 1 unspecified atom stereocenters. The Kier molecular flexibility index (Phi) is 3.85. The second-order valence-corrected chi connectivity index (χ2v) is 6.96. The van der Waals surface area contributed by atoms with Crippen LogP contribution in [0.1, 0.15) is 22.0 Å². The van der Waals surface area contributed by atoms with Crippen molar-refractivity contribution >= 4 is 43.2 Å². The van der Waals surface area contributed by atoms with Crippen LogP contribution in [-0.2, 0) is 0 Å². The number of nitrogens with two attached hydrogens (primary N) is 1. The Hall–Kier alpha value is -0.160. The van der Waals surface area contributed by atoms with Gasteiger partial charge in [0.25, 0.3) is 0 Å². The fourth-order valence-corrected chi connectivity index (χ4v) is 3.52. The van der Waals surface area contributed by atoms with Gasteiger partial charge in [-0.05, 0) is 52.2 Å². The lowest BCUT2D eigenvalue weighted by atomic mass is 10.1. The number of rotatable bonds is 2. The van der Waals surface area contributed by atoms with Gasteiger partial charge >= 0.3 is 0 Å². The molecule has 0 aliphatic heterocycles. The molecule has 0 saturated heterocycles. The highest BCUT2D eigenvalue weighted by atomic mass is 79.9. The van der Waals surface area contributed by atoms with Crippen LogP contribution in [0.3, 0.4) is 0 Å². The monoisotopic (exact) mass is 359 g/mol. The van der Waals surface area contributed by atoms with Crippen LogP contribution in [0.2, 0.25) is 0 Å². The van der Waals surface area contributed by atoms with E-state index in [9.17, 15) is 0 Å². The summed E-state index contributed by atoms with van der Waals surface area (Å²) < 4.78 is 2.22. The maximum absolute atomic E-state index is 6.24. The van der Waals surface area contributed by atoms with Crippen molar-refractivity contribution in [2.75, 3.05) is 0 Å². The Morgan fingerprint density at radius 1 is 1.25 bits per heavy atom. The van der Waals surface area contributed by atoms with Crippen molar-refractivity contribution in [2.45, 2.75) is 13.0 Å². The minimum atomic E-state index is -0.0486. The van der Waals surface area contributed by atoms with Crippen LogP contribution in [-0.4, -0.2) is 0 Å². The zero-order valence-electron chi connectivity index (χ0n) is 8.71. The molecule has 2 N–H and O–H groups in total. The van der Waals surface area contributed by atoms with Crippen molar-refractivity contribution in [3.8, 4) is 0 Å². The second-order valence-electron chi connectivity index (χ2n) is 3.64. The van der Waals surface area contributed by atoms with Gasteiger partial charge in [-0.3, -0.25) is 0 Å². The van der Waals surface area contributed by atoms with Gasteiger partial charge in [-0.15, -0.1) is 11.3 Å². The molecule has 1 nitrogen and oxygen atoms in total. The summed E-state index contributed by atoms with van der Waals surface area (Å²) in [5, 5.41) is 0. The van der Waals surface area contributed by atoms with E-state index in [0.29, 0.717) is 0 Å². The van der Waals surface area contributed by atoms with Gasteiger partial charge < -0.3 is 5.73 Å². The smallest absolute Gasteiger partial charge is 0.0731 e. The zero-order chi connectivity index (χ0) is 11.7. The summed E-state index contributed by atoms with van der Waals surface area (Å²) in [6.45, 7) is 2.08. The van der Waals surface area contributed by atoms with Crippen LogP contribution < -0.4 is 5.73 Å². The molecule has 0 amide bonds. The molecule has 1 atom stereocenters. The molecule has 84 valence electrons. The lowest BCUT2D eigenvalue weighted by Crippen LogP contribution is -2.09. The predicted molar refractivity (Wildman–Crippen MR) is 76.9 cm³/mol. The standard InChI is InChI=1S/C12H11Br2NS/c1-7-5-10(16-12(7)14)11(15)8-3-2-4-9(13)6-8/h2-6,11H,15H2,1H3. The average molecular weight is 361 g/mol. The van der Waals surface area contributed by atoms with E-state index in [1.165, 1.54) is 10.4 Å². The van der Waals surface area contributed by atoms with Gasteiger partial charge in [-0.2, -0.15) is 0 Å². The Morgan fingerprint density at radius 3 is 2.56 bits per heavy atom. The summed E-state index contributed by atoms with van der Waals surface area (Å²) in [5.74, 6) is 0. The van der Waals surface area contributed by atoms with E-state index in [0.717, 1.165) is 13.8 Å². The number of hydrogen-bond donors (Lipinski definition) is 1. The van der Waals surface area contributed by atoms with Crippen LogP contribution in [0.5, 0.6) is 0 Å². The summed E-state index contributed by atoms with van der Waals surface area (Å²) in [4.78, 5) is 1.18. The van der Waals surface area contributed by atoms with Crippen molar-refractivity contribution in [3.05, 3.63) is 54.6 Å². The molecule has 0 bridgehead atoms. The highest BCUT2D eigenvalue weighted by molar-refractivity contribution is 9.11. The van der Waals surface area contributed by atoms with E-state index in [1.54, 1.807) is 11.3 Å². The molecule has 0 aliphatic carbocycles. The van der Waals surface area contributed by atoms with Gasteiger partial charge in [0.1, 0.15) is 0 Å². The zero-order valence-corrected chi connectivity index (χ0v) is 12.7. The molecule has 1 aromatic heterocycles. The minimum Gasteiger partial charge on any atom is -0.320 e. The molecule has 1 heterocycles. The first-order valence-electron chi connectivity index (χ1n) is 4.85. The molecule has 0 radical (unpaired) electrons. The Bertz CT molecular complexity index is 488. The van der Waals surface area contributed by atoms with E-state index in [1.807, 2.05) is 12.1 Å². The number of thiophene rings is 1. The van der Waals surface area contributed by atoms with E-state index in [4.69, 9.17) is 5.73 Å². The maximum Gasteiger partial charge on any atom is 0.0731 e. The maximum atomic E-state index is 6.24. The van der Waals surface area contributed by atoms with Crippen molar-refractivity contribution in [3.63, 3.8) is 0 Å². The molecule has 0 fully saturated rings. The Balaban J connectivity index is 2.35. The molecular weight excluding hydrogens is 350 g/mol. The highest BCUT2D eigenvalue weighted by Crippen LogP contribution is 2.33. The number of aryl methyl sites for hydroxylation is 1. The van der Waals surface area contributed by atoms with Crippen LogP contribution in [0.15, 0.2) is 38.6 Å². The molecule has 1 aromatic carbocycles. The van der Waals surface area contributed by atoms with Gasteiger partial charge in [0.2, 0.25) is 0 Å². The van der Waals surface area contributed by atoms with Gasteiger partial charge in [0, 0.05) is 9.35 Å². The third kappa shape index (κ3) is 2.56. The van der Waals surface area contributed by atoms with E-state index in [-0.39, 0.29) is 6.04 Å². The quantitative estimate of drug-likeness (QED) is 0.830. The van der Waals surface area contributed by atoms with Crippen LogP contribution in [0.4, 0.5) is 0 Å². The first kappa shape index (κ1) is 12.3. The van der Waals surface area contributed by atoms with Gasteiger partial charge in [-0.1, -0.05) is 28.1 Å².